The topological polar surface area (TPSA) is 20.2 Å². The molecule has 0 aromatic carbocycles. The van der Waals surface area contributed by atoms with Crippen molar-refractivity contribution in [3.05, 3.63) is 21.3 Å². The number of halogens is 2. The molecule has 10 heavy (non-hydrogen) atoms. The average Bonchev–Trinajstić information content (AvgIpc) is 2.34. The first-order chi connectivity index (χ1) is 4.74. The summed E-state index contributed by atoms with van der Waals surface area (Å²) < 4.78 is 11.8. The summed E-state index contributed by atoms with van der Waals surface area (Å²) in [4.78, 5) is 0.576. The van der Waals surface area contributed by atoms with Crippen LogP contribution in [0.1, 0.15) is 11.0 Å². The first-order valence-electron chi connectivity index (χ1n) is 2.72. The molecule has 1 atom stereocenters. The third-order valence-corrected chi connectivity index (χ3v) is 2.44. The van der Waals surface area contributed by atoms with Gasteiger partial charge in [-0.15, -0.1) is 11.3 Å². The van der Waals surface area contributed by atoms with Gasteiger partial charge >= 0.3 is 0 Å². The predicted octanol–water partition coefficient (Wildman–Crippen LogP) is 2.40. The van der Waals surface area contributed by atoms with E-state index in [1.54, 1.807) is 11.4 Å². The van der Waals surface area contributed by atoms with E-state index in [0.717, 1.165) is 0 Å². The van der Waals surface area contributed by atoms with Crippen molar-refractivity contribution in [2.24, 2.45) is 0 Å². The van der Waals surface area contributed by atoms with Crippen molar-refractivity contribution in [1.82, 2.24) is 0 Å². The zero-order chi connectivity index (χ0) is 7.56. The lowest BCUT2D eigenvalue weighted by molar-refractivity contribution is 0.145. The molecule has 1 nitrogen and oxygen atoms in total. The van der Waals surface area contributed by atoms with Crippen LogP contribution in [0.25, 0.3) is 0 Å². The Kier molecular flexibility index (Phi) is 2.65. The van der Waals surface area contributed by atoms with Crippen molar-refractivity contribution in [1.29, 1.82) is 0 Å². The van der Waals surface area contributed by atoms with Crippen LogP contribution in [0.4, 0.5) is 4.39 Å². The minimum absolute atomic E-state index is 0.549. The highest BCUT2D eigenvalue weighted by atomic mass is 35.5. The van der Waals surface area contributed by atoms with Crippen molar-refractivity contribution >= 4 is 22.9 Å². The van der Waals surface area contributed by atoms with Gasteiger partial charge in [0.05, 0.1) is 5.02 Å². The lowest BCUT2D eigenvalue weighted by Gasteiger charge is -1.99. The van der Waals surface area contributed by atoms with E-state index in [9.17, 15) is 4.39 Å². The van der Waals surface area contributed by atoms with Crippen LogP contribution in [0.2, 0.25) is 5.02 Å². The van der Waals surface area contributed by atoms with Crippen LogP contribution in [0, 0.1) is 0 Å². The summed E-state index contributed by atoms with van der Waals surface area (Å²) in [7, 11) is 0. The second-order valence-corrected chi connectivity index (χ2v) is 3.22. The molecule has 1 aromatic rings. The molecule has 1 N–H and O–H groups in total. The van der Waals surface area contributed by atoms with Crippen molar-refractivity contribution < 1.29 is 9.50 Å². The SMILES string of the molecule is OC(CF)c1cc(Cl)cs1. The summed E-state index contributed by atoms with van der Waals surface area (Å²) in [6.07, 6.45) is -1.00. The molecule has 0 spiro atoms. The molecule has 1 aromatic heterocycles. The quantitative estimate of drug-likeness (QED) is 0.741. The minimum Gasteiger partial charge on any atom is -0.385 e. The lowest BCUT2D eigenvalue weighted by atomic mass is 10.3. The fourth-order valence-corrected chi connectivity index (χ4v) is 1.63. The van der Waals surface area contributed by atoms with E-state index < -0.39 is 12.8 Å². The molecule has 0 aliphatic rings. The smallest absolute Gasteiger partial charge is 0.120 e. The molecule has 0 saturated heterocycles. The Labute approximate surface area is 67.1 Å². The van der Waals surface area contributed by atoms with Crippen LogP contribution >= 0.6 is 22.9 Å². The van der Waals surface area contributed by atoms with Gasteiger partial charge in [0, 0.05) is 10.3 Å². The molecule has 0 bridgehead atoms. The molecule has 0 saturated carbocycles. The van der Waals surface area contributed by atoms with Crippen molar-refractivity contribution in [2.45, 2.75) is 6.10 Å². The fourth-order valence-electron chi connectivity index (χ4n) is 0.579. The van der Waals surface area contributed by atoms with E-state index >= 15 is 0 Å². The number of aliphatic hydroxyl groups is 1. The molecule has 4 heteroatoms. The van der Waals surface area contributed by atoms with Crippen LogP contribution < -0.4 is 0 Å². The van der Waals surface area contributed by atoms with Gasteiger partial charge in [-0.05, 0) is 6.07 Å². The molecule has 1 unspecified atom stereocenters. The maximum Gasteiger partial charge on any atom is 0.120 e. The van der Waals surface area contributed by atoms with E-state index in [4.69, 9.17) is 16.7 Å². The van der Waals surface area contributed by atoms with Crippen molar-refractivity contribution in [2.75, 3.05) is 6.67 Å². The number of hydrogen-bond donors (Lipinski definition) is 1. The Morgan fingerprint density at radius 1 is 1.80 bits per heavy atom. The standard InChI is InChI=1S/C6H6ClFOS/c7-4-1-6(10-3-4)5(9)2-8/h1,3,5,9H,2H2. The summed E-state index contributed by atoms with van der Waals surface area (Å²) in [6.45, 7) is -0.753. The summed E-state index contributed by atoms with van der Waals surface area (Å²) in [5.74, 6) is 0. The van der Waals surface area contributed by atoms with Gasteiger partial charge in [-0.3, -0.25) is 0 Å². The summed E-state index contributed by atoms with van der Waals surface area (Å²) in [5, 5.41) is 11.1. The molecular formula is C6H6ClFOS. The van der Waals surface area contributed by atoms with Gasteiger partial charge < -0.3 is 5.11 Å². The van der Waals surface area contributed by atoms with E-state index in [1.165, 1.54) is 11.3 Å². The van der Waals surface area contributed by atoms with E-state index in [-0.39, 0.29) is 0 Å². The first-order valence-corrected chi connectivity index (χ1v) is 3.97. The molecule has 1 heterocycles. The Morgan fingerprint density at radius 3 is 2.90 bits per heavy atom. The van der Waals surface area contributed by atoms with Gasteiger partial charge in [0.1, 0.15) is 12.8 Å². The maximum atomic E-state index is 11.8. The molecule has 0 amide bonds. The monoisotopic (exact) mass is 180 g/mol. The van der Waals surface area contributed by atoms with E-state index in [0.29, 0.717) is 9.90 Å². The normalized spacial score (nSPS) is 13.5. The van der Waals surface area contributed by atoms with Crippen LogP contribution in [0.3, 0.4) is 0 Å². The number of rotatable bonds is 2. The fraction of sp³-hybridized carbons (Fsp3) is 0.333. The average molecular weight is 181 g/mol. The van der Waals surface area contributed by atoms with Gasteiger partial charge in [-0.2, -0.15) is 0 Å². The van der Waals surface area contributed by atoms with Crippen LogP contribution in [0.5, 0.6) is 0 Å². The molecule has 0 radical (unpaired) electrons. The molecule has 0 aliphatic carbocycles. The molecular weight excluding hydrogens is 175 g/mol. The molecule has 56 valence electrons. The van der Waals surface area contributed by atoms with E-state index in [1.807, 2.05) is 0 Å². The highest BCUT2D eigenvalue weighted by Crippen LogP contribution is 2.25. The zero-order valence-corrected chi connectivity index (χ0v) is 6.62. The molecule has 0 aliphatic heterocycles. The van der Waals surface area contributed by atoms with Crippen LogP contribution in [0.15, 0.2) is 11.4 Å². The number of alkyl halides is 1. The third-order valence-electron chi connectivity index (χ3n) is 1.06. The van der Waals surface area contributed by atoms with Gasteiger partial charge in [0.15, 0.2) is 0 Å². The van der Waals surface area contributed by atoms with Crippen LogP contribution in [-0.2, 0) is 0 Å². The highest BCUT2D eigenvalue weighted by Gasteiger charge is 2.08. The largest absolute Gasteiger partial charge is 0.385 e. The summed E-state index contributed by atoms with van der Waals surface area (Å²) in [5.41, 5.74) is 0. The molecule has 0 fully saturated rings. The molecule has 1 rings (SSSR count). The van der Waals surface area contributed by atoms with E-state index in [2.05, 4.69) is 0 Å². The number of hydrogen-bond acceptors (Lipinski definition) is 2. The van der Waals surface area contributed by atoms with Crippen molar-refractivity contribution in [3.63, 3.8) is 0 Å². The van der Waals surface area contributed by atoms with Gasteiger partial charge in [0.25, 0.3) is 0 Å². The number of thiophene rings is 1. The lowest BCUT2D eigenvalue weighted by Crippen LogP contribution is -1.94. The summed E-state index contributed by atoms with van der Waals surface area (Å²) >= 11 is 6.80. The zero-order valence-electron chi connectivity index (χ0n) is 5.05. The predicted molar refractivity (Wildman–Crippen MR) is 40.3 cm³/mol. The first kappa shape index (κ1) is 7.98. The van der Waals surface area contributed by atoms with Gasteiger partial charge in [-0.25, -0.2) is 4.39 Å². The maximum absolute atomic E-state index is 11.8. The minimum atomic E-state index is -1.00. The third kappa shape index (κ3) is 1.68. The Balaban J connectivity index is 2.74. The highest BCUT2D eigenvalue weighted by molar-refractivity contribution is 7.10. The summed E-state index contributed by atoms with van der Waals surface area (Å²) in [6, 6.07) is 1.57. The number of aliphatic hydroxyl groups excluding tert-OH is 1. The Hall–Kier alpha value is -0.120. The van der Waals surface area contributed by atoms with Crippen molar-refractivity contribution in [3.8, 4) is 0 Å². The van der Waals surface area contributed by atoms with Crippen LogP contribution in [-0.4, -0.2) is 11.8 Å². The second-order valence-electron chi connectivity index (χ2n) is 1.84. The Morgan fingerprint density at radius 2 is 2.50 bits per heavy atom. The Bertz CT molecular complexity index is 213. The second kappa shape index (κ2) is 3.32. The van der Waals surface area contributed by atoms with Gasteiger partial charge in [-0.1, -0.05) is 11.6 Å². The van der Waals surface area contributed by atoms with Gasteiger partial charge in [0.2, 0.25) is 0 Å².